The van der Waals surface area contributed by atoms with Gasteiger partial charge in [0.2, 0.25) is 10.0 Å². The standard InChI is InChI=1S/C15H14FNO4S/c1-22(19,20)17-15(18)11-6-8-13(9-7-11)21-10-12-4-2-3-5-14(12)16/h2-9H,10H2,1H3,(H,17,18). The Balaban J connectivity index is 2.00. The van der Waals surface area contributed by atoms with Crippen LogP contribution in [-0.4, -0.2) is 20.6 Å². The molecule has 0 aliphatic carbocycles. The molecule has 22 heavy (non-hydrogen) atoms. The maximum Gasteiger partial charge on any atom is 0.264 e. The number of rotatable bonds is 5. The van der Waals surface area contributed by atoms with Gasteiger partial charge in [0.15, 0.2) is 0 Å². The Hall–Kier alpha value is -2.41. The lowest BCUT2D eigenvalue weighted by Crippen LogP contribution is -2.29. The van der Waals surface area contributed by atoms with Gasteiger partial charge in [-0.1, -0.05) is 18.2 Å². The van der Waals surface area contributed by atoms with Crippen molar-refractivity contribution in [2.45, 2.75) is 6.61 Å². The summed E-state index contributed by atoms with van der Waals surface area (Å²) in [4.78, 5) is 11.6. The minimum absolute atomic E-state index is 0.0571. The van der Waals surface area contributed by atoms with E-state index in [0.29, 0.717) is 11.3 Å². The lowest BCUT2D eigenvalue weighted by atomic mass is 10.2. The second-order valence-electron chi connectivity index (χ2n) is 4.61. The fourth-order valence-electron chi connectivity index (χ4n) is 1.71. The Labute approximate surface area is 127 Å². The minimum atomic E-state index is -3.61. The van der Waals surface area contributed by atoms with E-state index in [1.807, 2.05) is 4.72 Å². The Morgan fingerprint density at radius 2 is 1.77 bits per heavy atom. The number of ether oxygens (including phenoxy) is 1. The molecule has 0 atom stereocenters. The van der Waals surface area contributed by atoms with Gasteiger partial charge in [-0.05, 0) is 30.3 Å². The molecular formula is C15H14FNO4S. The summed E-state index contributed by atoms with van der Waals surface area (Å²) in [6, 6.07) is 12.1. The molecule has 7 heteroatoms. The molecule has 1 N–H and O–H groups in total. The summed E-state index contributed by atoms with van der Waals surface area (Å²) in [6.07, 6.45) is 0.900. The van der Waals surface area contributed by atoms with E-state index in [1.165, 1.54) is 30.3 Å². The number of sulfonamides is 1. The van der Waals surface area contributed by atoms with Crippen molar-refractivity contribution < 1.29 is 22.3 Å². The maximum atomic E-state index is 13.4. The van der Waals surface area contributed by atoms with Gasteiger partial charge in [-0.2, -0.15) is 0 Å². The van der Waals surface area contributed by atoms with Crippen LogP contribution >= 0.6 is 0 Å². The molecule has 0 aliphatic heterocycles. The highest BCUT2D eigenvalue weighted by atomic mass is 32.2. The van der Waals surface area contributed by atoms with Gasteiger partial charge < -0.3 is 4.74 Å². The summed E-state index contributed by atoms with van der Waals surface area (Å²) in [6.45, 7) is 0.0571. The van der Waals surface area contributed by atoms with Gasteiger partial charge in [-0.15, -0.1) is 0 Å². The van der Waals surface area contributed by atoms with Crippen LogP contribution in [0.2, 0.25) is 0 Å². The molecular weight excluding hydrogens is 309 g/mol. The molecule has 0 unspecified atom stereocenters. The van der Waals surface area contributed by atoms with Crippen molar-refractivity contribution in [1.29, 1.82) is 0 Å². The van der Waals surface area contributed by atoms with Crippen molar-refractivity contribution in [3.8, 4) is 5.75 Å². The van der Waals surface area contributed by atoms with Crippen LogP contribution in [0.4, 0.5) is 4.39 Å². The zero-order valence-corrected chi connectivity index (χ0v) is 12.6. The number of amides is 1. The Morgan fingerprint density at radius 1 is 1.14 bits per heavy atom. The maximum absolute atomic E-state index is 13.4. The van der Waals surface area contributed by atoms with E-state index >= 15 is 0 Å². The van der Waals surface area contributed by atoms with Crippen LogP contribution in [0, 0.1) is 5.82 Å². The highest BCUT2D eigenvalue weighted by Crippen LogP contribution is 2.15. The molecule has 0 heterocycles. The molecule has 0 saturated heterocycles. The zero-order chi connectivity index (χ0) is 16.2. The molecule has 0 spiro atoms. The minimum Gasteiger partial charge on any atom is -0.489 e. The summed E-state index contributed by atoms with van der Waals surface area (Å²) < 4.78 is 42.7. The quantitative estimate of drug-likeness (QED) is 0.914. The number of carbonyl (C=O) groups is 1. The van der Waals surface area contributed by atoms with E-state index in [2.05, 4.69) is 0 Å². The van der Waals surface area contributed by atoms with Gasteiger partial charge in [0.05, 0.1) is 6.26 Å². The van der Waals surface area contributed by atoms with Crippen LogP contribution in [0.15, 0.2) is 48.5 Å². The number of halogens is 1. The van der Waals surface area contributed by atoms with Crippen molar-refractivity contribution >= 4 is 15.9 Å². The number of hydrogen-bond donors (Lipinski definition) is 1. The van der Waals surface area contributed by atoms with Crippen LogP contribution in [0.3, 0.4) is 0 Å². The van der Waals surface area contributed by atoms with E-state index in [-0.39, 0.29) is 18.0 Å². The van der Waals surface area contributed by atoms with Crippen molar-refractivity contribution in [3.63, 3.8) is 0 Å². The second kappa shape index (κ2) is 6.57. The first kappa shape index (κ1) is 16.0. The van der Waals surface area contributed by atoms with Crippen molar-refractivity contribution in [3.05, 3.63) is 65.5 Å². The van der Waals surface area contributed by atoms with Gasteiger partial charge in [-0.25, -0.2) is 17.5 Å². The fraction of sp³-hybridized carbons (Fsp3) is 0.133. The van der Waals surface area contributed by atoms with Crippen LogP contribution in [0.25, 0.3) is 0 Å². The second-order valence-corrected chi connectivity index (χ2v) is 6.36. The van der Waals surface area contributed by atoms with Crippen LogP contribution in [0.1, 0.15) is 15.9 Å². The first-order valence-corrected chi connectivity index (χ1v) is 8.23. The topological polar surface area (TPSA) is 72.5 Å². The molecule has 5 nitrogen and oxygen atoms in total. The number of carbonyl (C=O) groups excluding carboxylic acids is 1. The SMILES string of the molecule is CS(=O)(=O)NC(=O)c1ccc(OCc2ccccc2F)cc1. The predicted octanol–water partition coefficient (Wildman–Crippen LogP) is 2.09. The monoisotopic (exact) mass is 323 g/mol. The summed E-state index contributed by atoms with van der Waals surface area (Å²) >= 11 is 0. The molecule has 1 amide bonds. The third-order valence-corrected chi connectivity index (χ3v) is 3.30. The molecule has 2 aromatic rings. The Morgan fingerprint density at radius 3 is 2.36 bits per heavy atom. The average Bonchev–Trinajstić information content (AvgIpc) is 2.45. The molecule has 0 radical (unpaired) electrons. The summed E-state index contributed by atoms with van der Waals surface area (Å²) in [5.74, 6) is -0.631. The van der Waals surface area contributed by atoms with E-state index < -0.39 is 15.9 Å². The van der Waals surface area contributed by atoms with Gasteiger partial charge in [0, 0.05) is 11.1 Å². The fourth-order valence-corrected chi connectivity index (χ4v) is 2.16. The van der Waals surface area contributed by atoms with E-state index in [0.717, 1.165) is 6.26 Å². The first-order chi connectivity index (χ1) is 10.3. The van der Waals surface area contributed by atoms with Crippen LogP contribution in [0.5, 0.6) is 5.75 Å². The molecule has 0 aromatic heterocycles. The largest absolute Gasteiger partial charge is 0.489 e. The number of hydrogen-bond acceptors (Lipinski definition) is 4. The highest BCUT2D eigenvalue weighted by molar-refractivity contribution is 7.89. The van der Waals surface area contributed by atoms with E-state index in [9.17, 15) is 17.6 Å². The molecule has 2 aromatic carbocycles. The normalized spacial score (nSPS) is 11.0. The summed E-state index contributed by atoms with van der Waals surface area (Å²) in [5.41, 5.74) is 0.602. The Bertz CT molecular complexity index is 772. The highest BCUT2D eigenvalue weighted by Gasteiger charge is 2.11. The smallest absolute Gasteiger partial charge is 0.264 e. The molecule has 0 aliphatic rings. The summed E-state index contributed by atoms with van der Waals surface area (Å²) in [7, 11) is -3.61. The van der Waals surface area contributed by atoms with Crippen LogP contribution < -0.4 is 9.46 Å². The number of benzene rings is 2. The van der Waals surface area contributed by atoms with Crippen molar-refractivity contribution in [1.82, 2.24) is 4.72 Å². The van der Waals surface area contributed by atoms with E-state index in [1.54, 1.807) is 18.2 Å². The van der Waals surface area contributed by atoms with Crippen molar-refractivity contribution in [2.75, 3.05) is 6.26 Å². The molecule has 0 fully saturated rings. The third kappa shape index (κ3) is 4.56. The van der Waals surface area contributed by atoms with Crippen molar-refractivity contribution in [2.24, 2.45) is 0 Å². The summed E-state index contributed by atoms with van der Waals surface area (Å²) in [5, 5.41) is 0. The molecule has 0 bridgehead atoms. The lowest BCUT2D eigenvalue weighted by Gasteiger charge is -2.08. The van der Waals surface area contributed by atoms with Gasteiger partial charge in [-0.3, -0.25) is 4.79 Å². The molecule has 116 valence electrons. The van der Waals surface area contributed by atoms with Gasteiger partial charge >= 0.3 is 0 Å². The average molecular weight is 323 g/mol. The zero-order valence-electron chi connectivity index (χ0n) is 11.7. The lowest BCUT2D eigenvalue weighted by molar-refractivity contribution is 0.0981. The molecule has 2 rings (SSSR count). The number of nitrogens with one attached hydrogen (secondary N) is 1. The van der Waals surface area contributed by atoms with Gasteiger partial charge in [0.25, 0.3) is 5.91 Å². The first-order valence-electron chi connectivity index (χ1n) is 6.33. The van der Waals surface area contributed by atoms with Gasteiger partial charge in [0.1, 0.15) is 18.2 Å². The third-order valence-electron chi connectivity index (χ3n) is 2.75. The van der Waals surface area contributed by atoms with E-state index in [4.69, 9.17) is 4.74 Å². The Kier molecular flexibility index (Phi) is 4.77. The molecule has 0 saturated carbocycles. The predicted molar refractivity (Wildman–Crippen MR) is 79.5 cm³/mol. The van der Waals surface area contributed by atoms with Crippen LogP contribution in [-0.2, 0) is 16.6 Å².